The fraction of sp³-hybridized carbons (Fsp3) is 0.391. The van der Waals surface area contributed by atoms with Crippen molar-refractivity contribution in [1.82, 2.24) is 4.90 Å². The second kappa shape index (κ2) is 10.1. The lowest BCUT2D eigenvalue weighted by Gasteiger charge is -2.41. The fourth-order valence-electron chi connectivity index (χ4n) is 4.17. The molecule has 2 aromatic carbocycles. The Labute approximate surface area is 193 Å². The van der Waals surface area contributed by atoms with Crippen molar-refractivity contribution >= 4 is 23.3 Å². The summed E-state index contributed by atoms with van der Waals surface area (Å²) in [6, 6.07) is 9.00. The largest absolute Gasteiger partial charge is 0.480 e. The number of rotatable bonds is 7. The van der Waals surface area contributed by atoms with E-state index in [9.17, 15) is 38.0 Å². The number of nitrogens with zero attached hydrogens (tertiary/aromatic N) is 3. The van der Waals surface area contributed by atoms with Crippen molar-refractivity contribution in [2.24, 2.45) is 0 Å². The number of amides is 1. The molecule has 1 heterocycles. The van der Waals surface area contributed by atoms with Crippen LogP contribution in [0.2, 0.25) is 0 Å². The van der Waals surface area contributed by atoms with E-state index in [4.69, 9.17) is 0 Å². The summed E-state index contributed by atoms with van der Waals surface area (Å²) < 4.78 is 38.2. The Morgan fingerprint density at radius 1 is 1.15 bits per heavy atom. The van der Waals surface area contributed by atoms with E-state index in [1.807, 2.05) is 0 Å². The van der Waals surface area contributed by atoms with Crippen LogP contribution in [0.3, 0.4) is 0 Å². The maximum absolute atomic E-state index is 12.7. The number of likely N-dealkylation sites (tertiary alicyclic amines) is 1. The number of carboxylic acid groups (broad SMARTS) is 1. The Bertz CT molecular complexity index is 1050. The van der Waals surface area contributed by atoms with Gasteiger partial charge < -0.3 is 14.9 Å². The minimum atomic E-state index is -4.45. The van der Waals surface area contributed by atoms with Crippen LogP contribution < -0.4 is 4.90 Å². The molecule has 1 aliphatic rings. The van der Waals surface area contributed by atoms with Crippen LogP contribution in [-0.4, -0.2) is 52.0 Å². The number of nitro benzene ring substituents is 1. The SMILES string of the molecule is CC(C(=O)O)N(c1ccccc1[N+](=O)[O-])C1CCN(C(=O)Cc2ccc(C(F)(F)F)cc2)CC1. The van der Waals surface area contributed by atoms with Crippen molar-refractivity contribution in [3.05, 3.63) is 69.8 Å². The van der Waals surface area contributed by atoms with E-state index in [-0.39, 0.29) is 29.7 Å². The first-order valence-electron chi connectivity index (χ1n) is 10.7. The van der Waals surface area contributed by atoms with Gasteiger partial charge in [0.1, 0.15) is 11.7 Å². The smallest absolute Gasteiger partial charge is 0.416 e. The van der Waals surface area contributed by atoms with Crippen molar-refractivity contribution < 1.29 is 32.8 Å². The minimum Gasteiger partial charge on any atom is -0.480 e. The second-order valence-electron chi connectivity index (χ2n) is 8.15. The molecule has 8 nitrogen and oxygen atoms in total. The van der Waals surface area contributed by atoms with Crippen LogP contribution in [0.25, 0.3) is 0 Å². The normalized spacial score (nSPS) is 15.6. The summed E-state index contributed by atoms with van der Waals surface area (Å²) in [5, 5.41) is 21.1. The highest BCUT2D eigenvalue weighted by Crippen LogP contribution is 2.34. The molecule has 11 heteroatoms. The first-order chi connectivity index (χ1) is 16.0. The van der Waals surface area contributed by atoms with Gasteiger partial charge in [-0.05, 0) is 43.5 Å². The van der Waals surface area contributed by atoms with Gasteiger partial charge in [0, 0.05) is 25.2 Å². The molecule has 0 spiro atoms. The molecular weight excluding hydrogens is 455 g/mol. The number of nitro groups is 1. The average Bonchev–Trinajstić information content (AvgIpc) is 2.79. The van der Waals surface area contributed by atoms with Crippen molar-refractivity contribution in [2.45, 2.75) is 44.4 Å². The molecule has 1 aliphatic heterocycles. The van der Waals surface area contributed by atoms with Gasteiger partial charge in [-0.25, -0.2) is 4.79 Å². The first kappa shape index (κ1) is 25.0. The Morgan fingerprint density at radius 3 is 2.26 bits per heavy atom. The highest BCUT2D eigenvalue weighted by atomic mass is 19.4. The maximum atomic E-state index is 12.7. The number of carbonyl (C=O) groups is 2. The lowest BCUT2D eigenvalue weighted by Crippen LogP contribution is -2.52. The zero-order valence-corrected chi connectivity index (χ0v) is 18.4. The van der Waals surface area contributed by atoms with E-state index in [0.717, 1.165) is 12.1 Å². The zero-order chi connectivity index (χ0) is 25.0. The van der Waals surface area contributed by atoms with Crippen molar-refractivity contribution in [1.29, 1.82) is 0 Å². The molecule has 0 saturated carbocycles. The summed E-state index contributed by atoms with van der Waals surface area (Å²) in [7, 11) is 0. The minimum absolute atomic E-state index is 0.0534. The molecule has 1 atom stereocenters. The number of hydrogen-bond donors (Lipinski definition) is 1. The Kier molecular flexibility index (Phi) is 7.43. The average molecular weight is 479 g/mol. The third-order valence-electron chi connectivity index (χ3n) is 5.98. The number of anilines is 1. The molecule has 1 amide bonds. The van der Waals surface area contributed by atoms with Crippen LogP contribution in [0.15, 0.2) is 48.5 Å². The van der Waals surface area contributed by atoms with Crippen LogP contribution in [0, 0.1) is 10.1 Å². The molecule has 3 rings (SSSR count). The van der Waals surface area contributed by atoms with E-state index in [2.05, 4.69) is 0 Å². The third kappa shape index (κ3) is 5.64. The predicted octanol–water partition coefficient (Wildman–Crippen LogP) is 4.13. The molecule has 0 radical (unpaired) electrons. The van der Waals surface area contributed by atoms with E-state index in [0.29, 0.717) is 31.5 Å². The van der Waals surface area contributed by atoms with Gasteiger partial charge >= 0.3 is 12.1 Å². The first-order valence-corrected chi connectivity index (χ1v) is 10.7. The van der Waals surface area contributed by atoms with Gasteiger partial charge in [-0.15, -0.1) is 0 Å². The summed E-state index contributed by atoms with van der Waals surface area (Å²) in [5.41, 5.74) is -0.318. The van der Waals surface area contributed by atoms with Gasteiger partial charge in [0.05, 0.1) is 16.9 Å². The monoisotopic (exact) mass is 479 g/mol. The van der Waals surface area contributed by atoms with Crippen LogP contribution in [0.1, 0.15) is 30.9 Å². The Morgan fingerprint density at radius 2 is 1.74 bits per heavy atom. The lowest BCUT2D eigenvalue weighted by atomic mass is 9.99. The number of benzene rings is 2. The number of carbonyl (C=O) groups excluding carboxylic acids is 1. The molecule has 0 aliphatic carbocycles. The molecule has 1 saturated heterocycles. The number of piperidine rings is 1. The van der Waals surface area contributed by atoms with Gasteiger partial charge in [0.15, 0.2) is 0 Å². The molecule has 1 unspecified atom stereocenters. The molecule has 182 valence electrons. The number of halogens is 3. The summed E-state index contributed by atoms with van der Waals surface area (Å²) >= 11 is 0. The maximum Gasteiger partial charge on any atom is 0.416 e. The molecule has 0 bridgehead atoms. The predicted molar refractivity (Wildman–Crippen MR) is 117 cm³/mol. The highest BCUT2D eigenvalue weighted by molar-refractivity contribution is 5.81. The van der Waals surface area contributed by atoms with Gasteiger partial charge in [-0.1, -0.05) is 24.3 Å². The second-order valence-corrected chi connectivity index (χ2v) is 8.15. The quantitative estimate of drug-likeness (QED) is 0.473. The molecule has 0 aromatic heterocycles. The Hall–Kier alpha value is -3.63. The van der Waals surface area contributed by atoms with Gasteiger partial charge in [0.2, 0.25) is 5.91 Å². The van der Waals surface area contributed by atoms with Crippen LogP contribution in [-0.2, 0) is 22.2 Å². The number of alkyl halides is 3. The van der Waals surface area contributed by atoms with Crippen molar-refractivity contribution in [3.63, 3.8) is 0 Å². The van der Waals surface area contributed by atoms with E-state index in [1.54, 1.807) is 11.0 Å². The van der Waals surface area contributed by atoms with Crippen LogP contribution >= 0.6 is 0 Å². The Balaban J connectivity index is 1.70. The zero-order valence-electron chi connectivity index (χ0n) is 18.4. The standard InChI is InChI=1S/C23H24F3N3O5/c1-15(22(31)32)28(19-4-2-3-5-20(19)29(33)34)18-10-12-27(13-11-18)21(30)14-16-6-8-17(9-7-16)23(24,25)26/h2-9,15,18H,10-14H2,1H3,(H,31,32). The third-order valence-corrected chi connectivity index (χ3v) is 5.98. The van der Waals surface area contributed by atoms with E-state index >= 15 is 0 Å². The number of aliphatic carboxylic acids is 1. The number of para-hydroxylation sites is 2. The number of hydrogen-bond acceptors (Lipinski definition) is 5. The van der Waals surface area contributed by atoms with Gasteiger partial charge in [0.25, 0.3) is 5.69 Å². The molecule has 2 aromatic rings. The summed E-state index contributed by atoms with van der Waals surface area (Å²) in [6.07, 6.45) is -3.72. The summed E-state index contributed by atoms with van der Waals surface area (Å²) in [4.78, 5) is 38.5. The summed E-state index contributed by atoms with van der Waals surface area (Å²) in [6.45, 7) is 2.06. The van der Waals surface area contributed by atoms with Crippen LogP contribution in [0.4, 0.5) is 24.5 Å². The van der Waals surface area contributed by atoms with Gasteiger partial charge in [-0.3, -0.25) is 14.9 Å². The van der Waals surface area contributed by atoms with Crippen molar-refractivity contribution in [3.8, 4) is 0 Å². The van der Waals surface area contributed by atoms with Crippen molar-refractivity contribution in [2.75, 3.05) is 18.0 Å². The highest BCUT2D eigenvalue weighted by Gasteiger charge is 2.35. The summed E-state index contributed by atoms with van der Waals surface area (Å²) in [5.74, 6) is -1.37. The lowest BCUT2D eigenvalue weighted by molar-refractivity contribution is -0.384. The molecule has 1 fully saturated rings. The number of carboxylic acids is 1. The fourth-order valence-corrected chi connectivity index (χ4v) is 4.17. The van der Waals surface area contributed by atoms with Crippen LogP contribution in [0.5, 0.6) is 0 Å². The van der Waals surface area contributed by atoms with Gasteiger partial charge in [-0.2, -0.15) is 13.2 Å². The van der Waals surface area contributed by atoms with E-state index < -0.39 is 28.7 Å². The molecule has 34 heavy (non-hydrogen) atoms. The van der Waals surface area contributed by atoms with E-state index in [1.165, 1.54) is 42.2 Å². The molecule has 1 N–H and O–H groups in total. The topological polar surface area (TPSA) is 104 Å². The molecular formula is C23H24F3N3O5.